The van der Waals surface area contributed by atoms with E-state index in [0.717, 1.165) is 37.1 Å². The number of piperidine rings is 1. The van der Waals surface area contributed by atoms with Gasteiger partial charge in [-0.15, -0.1) is 0 Å². The second kappa shape index (κ2) is 5.98. The molecule has 1 atom stereocenters. The summed E-state index contributed by atoms with van der Waals surface area (Å²) in [5.41, 5.74) is 1.74. The van der Waals surface area contributed by atoms with Crippen molar-refractivity contribution in [3.63, 3.8) is 0 Å². The third kappa shape index (κ3) is 3.02. The van der Waals surface area contributed by atoms with Crippen LogP contribution in [0.3, 0.4) is 0 Å². The molecule has 1 fully saturated rings. The van der Waals surface area contributed by atoms with Gasteiger partial charge in [0.1, 0.15) is 0 Å². The number of fused-ring (bicyclic) bond motifs is 1. The van der Waals surface area contributed by atoms with E-state index in [2.05, 4.69) is 10.0 Å². The lowest BCUT2D eigenvalue weighted by molar-refractivity contribution is -0.116. The van der Waals surface area contributed by atoms with E-state index in [9.17, 15) is 13.2 Å². The summed E-state index contributed by atoms with van der Waals surface area (Å²) in [5, 5.41) is 3.19. The zero-order valence-corrected chi connectivity index (χ0v) is 13.4. The third-order valence-corrected chi connectivity index (χ3v) is 5.78. The summed E-state index contributed by atoms with van der Waals surface area (Å²) in [7, 11) is -3.56. The minimum atomic E-state index is -3.56. The fraction of sp³-hybridized carbons (Fsp3) is 0.533. The molecule has 1 aromatic carbocycles. The van der Waals surface area contributed by atoms with Gasteiger partial charge < -0.3 is 10.2 Å². The van der Waals surface area contributed by atoms with Gasteiger partial charge in [0.05, 0.1) is 4.90 Å². The van der Waals surface area contributed by atoms with Crippen LogP contribution in [0.1, 0.15) is 25.3 Å². The first kappa shape index (κ1) is 15.5. The Morgan fingerprint density at radius 3 is 2.91 bits per heavy atom. The van der Waals surface area contributed by atoms with Crippen LogP contribution in [0.5, 0.6) is 0 Å². The Kier molecular flexibility index (Phi) is 4.20. The molecule has 0 bridgehead atoms. The van der Waals surface area contributed by atoms with Crippen molar-refractivity contribution in [1.29, 1.82) is 0 Å². The van der Waals surface area contributed by atoms with Gasteiger partial charge in [0.25, 0.3) is 0 Å². The summed E-state index contributed by atoms with van der Waals surface area (Å²) in [6.07, 6.45) is 2.58. The number of sulfonamides is 1. The van der Waals surface area contributed by atoms with E-state index in [1.165, 1.54) is 6.92 Å². The summed E-state index contributed by atoms with van der Waals surface area (Å²) in [6.45, 7) is 3.71. The number of carbonyl (C=O) groups is 1. The quantitative estimate of drug-likeness (QED) is 0.855. The van der Waals surface area contributed by atoms with Crippen LogP contribution < -0.4 is 14.9 Å². The maximum absolute atomic E-state index is 12.5. The molecular weight excluding hydrogens is 302 g/mol. The Bertz CT molecular complexity index is 681. The maximum Gasteiger partial charge on any atom is 0.240 e. The van der Waals surface area contributed by atoms with Gasteiger partial charge in [-0.3, -0.25) is 4.79 Å². The Hall–Kier alpha value is -1.44. The predicted molar refractivity (Wildman–Crippen MR) is 84.4 cm³/mol. The molecule has 0 unspecified atom stereocenters. The van der Waals surface area contributed by atoms with Crippen LogP contribution in [0.2, 0.25) is 0 Å². The molecule has 120 valence electrons. The lowest BCUT2D eigenvalue weighted by atomic mass is 10.1. The highest BCUT2D eigenvalue weighted by Gasteiger charge is 2.26. The Balaban J connectivity index is 1.85. The van der Waals surface area contributed by atoms with Crippen LogP contribution in [0, 0.1) is 0 Å². The number of amides is 1. The molecule has 0 radical (unpaired) electrons. The average Bonchev–Trinajstić information content (AvgIpc) is 2.91. The van der Waals surface area contributed by atoms with E-state index >= 15 is 0 Å². The largest absolute Gasteiger partial charge is 0.315 e. The van der Waals surface area contributed by atoms with Gasteiger partial charge in [-0.1, -0.05) is 6.07 Å². The van der Waals surface area contributed by atoms with Crippen molar-refractivity contribution in [3.05, 3.63) is 23.8 Å². The topological polar surface area (TPSA) is 78.5 Å². The zero-order valence-electron chi connectivity index (χ0n) is 12.6. The van der Waals surface area contributed by atoms with Crippen molar-refractivity contribution in [2.45, 2.75) is 37.1 Å². The highest BCUT2D eigenvalue weighted by Crippen LogP contribution is 2.30. The SMILES string of the molecule is CC(=O)N1CCc2ccc(S(=O)(=O)N[C@@H]3CCCNC3)cc21. The number of nitrogens with zero attached hydrogens (tertiary/aromatic N) is 1. The van der Waals surface area contributed by atoms with Crippen molar-refractivity contribution in [3.8, 4) is 0 Å². The van der Waals surface area contributed by atoms with E-state index in [1.54, 1.807) is 17.0 Å². The van der Waals surface area contributed by atoms with Gasteiger partial charge in [-0.25, -0.2) is 13.1 Å². The second-order valence-corrected chi connectivity index (χ2v) is 7.59. The fourth-order valence-corrected chi connectivity index (χ4v) is 4.38. The van der Waals surface area contributed by atoms with Crippen LogP contribution in [-0.4, -0.2) is 40.0 Å². The normalized spacial score (nSPS) is 21.7. The molecular formula is C15H21N3O3S. The van der Waals surface area contributed by atoms with Gasteiger partial charge in [0.2, 0.25) is 15.9 Å². The van der Waals surface area contributed by atoms with Gasteiger partial charge in [0, 0.05) is 31.7 Å². The number of hydrogen-bond acceptors (Lipinski definition) is 4. The average molecular weight is 323 g/mol. The van der Waals surface area contributed by atoms with E-state index in [0.29, 0.717) is 13.1 Å². The molecule has 1 saturated heterocycles. The Morgan fingerprint density at radius 2 is 2.23 bits per heavy atom. The molecule has 0 saturated carbocycles. The Morgan fingerprint density at radius 1 is 1.41 bits per heavy atom. The number of benzene rings is 1. The lowest BCUT2D eigenvalue weighted by Gasteiger charge is -2.24. The summed E-state index contributed by atoms with van der Waals surface area (Å²) < 4.78 is 27.8. The van der Waals surface area contributed by atoms with Crippen molar-refractivity contribution in [2.75, 3.05) is 24.5 Å². The van der Waals surface area contributed by atoms with E-state index in [-0.39, 0.29) is 16.8 Å². The molecule has 22 heavy (non-hydrogen) atoms. The van der Waals surface area contributed by atoms with E-state index < -0.39 is 10.0 Å². The maximum atomic E-state index is 12.5. The summed E-state index contributed by atoms with van der Waals surface area (Å²) in [4.78, 5) is 13.5. The second-order valence-electron chi connectivity index (χ2n) is 5.88. The van der Waals surface area contributed by atoms with Crippen LogP contribution in [-0.2, 0) is 21.2 Å². The number of nitrogens with one attached hydrogen (secondary N) is 2. The van der Waals surface area contributed by atoms with Crippen molar-refractivity contribution < 1.29 is 13.2 Å². The van der Waals surface area contributed by atoms with Gasteiger partial charge in [-0.05, 0) is 43.5 Å². The molecule has 2 aliphatic rings. The summed E-state index contributed by atoms with van der Waals surface area (Å²) in [6, 6.07) is 4.98. The van der Waals surface area contributed by atoms with Gasteiger partial charge in [0.15, 0.2) is 0 Å². The fourth-order valence-electron chi connectivity index (χ4n) is 3.09. The van der Waals surface area contributed by atoms with E-state index in [1.807, 2.05) is 6.07 Å². The predicted octanol–water partition coefficient (Wildman–Crippen LogP) is 0.626. The number of carbonyl (C=O) groups excluding carboxylic acids is 1. The van der Waals surface area contributed by atoms with Gasteiger partial charge in [-0.2, -0.15) is 0 Å². The molecule has 0 spiro atoms. The number of hydrogen-bond donors (Lipinski definition) is 2. The lowest BCUT2D eigenvalue weighted by Crippen LogP contribution is -2.45. The molecule has 2 aliphatic heterocycles. The van der Waals surface area contributed by atoms with Crippen LogP contribution >= 0.6 is 0 Å². The minimum Gasteiger partial charge on any atom is -0.315 e. The highest BCUT2D eigenvalue weighted by molar-refractivity contribution is 7.89. The van der Waals surface area contributed by atoms with Crippen molar-refractivity contribution >= 4 is 21.6 Å². The van der Waals surface area contributed by atoms with Crippen LogP contribution in [0.4, 0.5) is 5.69 Å². The minimum absolute atomic E-state index is 0.0577. The standard InChI is InChI=1S/C15H21N3O3S/c1-11(19)18-8-6-12-4-5-14(9-15(12)18)22(20,21)17-13-3-2-7-16-10-13/h4-5,9,13,16-17H,2-3,6-8,10H2,1H3/t13-/m1/s1. The third-order valence-electron chi connectivity index (χ3n) is 4.26. The van der Waals surface area contributed by atoms with Crippen LogP contribution in [0.15, 0.2) is 23.1 Å². The Labute approximate surface area is 130 Å². The first-order valence-electron chi connectivity index (χ1n) is 7.61. The molecule has 2 heterocycles. The molecule has 1 aromatic rings. The molecule has 7 heteroatoms. The van der Waals surface area contributed by atoms with Crippen LogP contribution in [0.25, 0.3) is 0 Å². The highest BCUT2D eigenvalue weighted by atomic mass is 32.2. The molecule has 6 nitrogen and oxygen atoms in total. The molecule has 2 N–H and O–H groups in total. The molecule has 3 rings (SSSR count). The first-order valence-corrected chi connectivity index (χ1v) is 9.10. The molecule has 1 amide bonds. The number of rotatable bonds is 3. The smallest absolute Gasteiger partial charge is 0.240 e. The summed E-state index contributed by atoms with van der Waals surface area (Å²) >= 11 is 0. The van der Waals surface area contributed by atoms with E-state index in [4.69, 9.17) is 0 Å². The molecule has 0 aromatic heterocycles. The molecule has 0 aliphatic carbocycles. The van der Waals surface area contributed by atoms with Gasteiger partial charge >= 0.3 is 0 Å². The summed E-state index contributed by atoms with van der Waals surface area (Å²) in [5.74, 6) is -0.0577. The number of anilines is 1. The first-order chi connectivity index (χ1) is 10.5. The van der Waals surface area contributed by atoms with Crippen molar-refractivity contribution in [1.82, 2.24) is 10.0 Å². The zero-order chi connectivity index (χ0) is 15.7. The monoisotopic (exact) mass is 323 g/mol. The van der Waals surface area contributed by atoms with Crippen molar-refractivity contribution in [2.24, 2.45) is 0 Å².